The number of carboxylic acid groups (broad SMARTS) is 1. The van der Waals surface area contributed by atoms with Gasteiger partial charge in [0.25, 0.3) is 0 Å². The van der Waals surface area contributed by atoms with Gasteiger partial charge in [-0.3, -0.25) is 0 Å². The van der Waals surface area contributed by atoms with Gasteiger partial charge in [0.2, 0.25) is 0 Å². The van der Waals surface area contributed by atoms with E-state index in [1.165, 1.54) is 58.2 Å². The molecule has 0 saturated carbocycles. The molecule has 2 N–H and O–H groups in total. The summed E-state index contributed by atoms with van der Waals surface area (Å²) in [4.78, 5) is 10.8. The van der Waals surface area contributed by atoms with Crippen LogP contribution in [0.3, 0.4) is 0 Å². The summed E-state index contributed by atoms with van der Waals surface area (Å²) in [6.45, 7) is 10.2. The van der Waals surface area contributed by atoms with Crippen LogP contribution in [0.25, 0.3) is 0 Å². The molecule has 0 aromatic rings. The number of hydrogen-bond donors (Lipinski definition) is 2. The van der Waals surface area contributed by atoms with Gasteiger partial charge in [-0.2, -0.15) is 0 Å². The van der Waals surface area contributed by atoms with Gasteiger partial charge in [0, 0.05) is 0 Å². The number of unbranched alkanes of at least 4 members (excludes halogenated alkanes) is 3. The van der Waals surface area contributed by atoms with E-state index in [-0.39, 0.29) is 0 Å². The van der Waals surface area contributed by atoms with Crippen LogP contribution in [-0.2, 0) is 4.79 Å². The number of aliphatic carboxylic acids is 1. The minimum Gasteiger partial charge on any atom is -0.548 e. The highest BCUT2D eigenvalue weighted by Gasteiger charge is 2.05. The van der Waals surface area contributed by atoms with Gasteiger partial charge in [0.05, 0.1) is 32.2 Å². The zero-order valence-electron chi connectivity index (χ0n) is 12.3. The predicted molar refractivity (Wildman–Crippen MR) is 72.4 cm³/mol. The smallest absolute Gasteiger partial charge is 0.0826 e. The van der Waals surface area contributed by atoms with Gasteiger partial charge >= 0.3 is 0 Å². The first-order valence-corrected chi connectivity index (χ1v) is 7.26. The average Bonchev–Trinajstić information content (AvgIpc) is 2.38. The summed E-state index contributed by atoms with van der Waals surface area (Å²) in [5.41, 5.74) is 0. The van der Waals surface area contributed by atoms with Crippen molar-refractivity contribution in [2.45, 2.75) is 59.3 Å². The molecule has 0 unspecified atom stereocenters. The van der Waals surface area contributed by atoms with Crippen LogP contribution in [0.15, 0.2) is 0 Å². The lowest BCUT2D eigenvalue weighted by Gasteiger charge is -2.18. The maximum atomic E-state index is 9.01. The molecule has 0 bridgehead atoms. The zero-order chi connectivity index (χ0) is 14.2. The van der Waals surface area contributed by atoms with E-state index in [1.807, 2.05) is 4.90 Å². The summed E-state index contributed by atoms with van der Waals surface area (Å²) in [5, 5.41) is 16.5. The number of carbonyl (C=O) groups is 1. The molecule has 0 rings (SSSR count). The third kappa shape index (κ3) is 17.8. The van der Waals surface area contributed by atoms with E-state index in [2.05, 4.69) is 20.8 Å². The van der Waals surface area contributed by atoms with Gasteiger partial charge in [-0.05, 0) is 19.3 Å². The number of quaternary nitrogens is 1. The van der Waals surface area contributed by atoms with Crippen molar-refractivity contribution >= 4 is 5.97 Å². The Kier molecular flexibility index (Phi) is 18.0. The van der Waals surface area contributed by atoms with Crippen LogP contribution in [0.2, 0.25) is 0 Å². The number of aliphatic hydroxyl groups is 1. The number of rotatable bonds is 10. The molecule has 0 spiro atoms. The van der Waals surface area contributed by atoms with E-state index in [0.717, 1.165) is 0 Å². The van der Waals surface area contributed by atoms with E-state index < -0.39 is 12.6 Å². The lowest BCUT2D eigenvalue weighted by Crippen LogP contribution is -3.12. The van der Waals surface area contributed by atoms with Crippen molar-refractivity contribution in [1.82, 2.24) is 0 Å². The van der Waals surface area contributed by atoms with Crippen molar-refractivity contribution < 1.29 is 19.9 Å². The van der Waals surface area contributed by atoms with Crippen LogP contribution in [0.5, 0.6) is 0 Å². The molecule has 0 aromatic heterocycles. The Labute approximate surface area is 112 Å². The molecule has 4 nitrogen and oxygen atoms in total. The minimum atomic E-state index is -1.44. The molecule has 0 radical (unpaired) electrons. The molecule has 0 heterocycles. The molecule has 0 amide bonds. The summed E-state index contributed by atoms with van der Waals surface area (Å²) < 4.78 is 0. The maximum Gasteiger partial charge on any atom is 0.0826 e. The molecular weight excluding hydrogens is 230 g/mol. The van der Waals surface area contributed by atoms with Crippen molar-refractivity contribution in [3.8, 4) is 0 Å². The fourth-order valence-electron chi connectivity index (χ4n) is 1.66. The highest BCUT2D eigenvalue weighted by Crippen LogP contribution is 1.85. The Morgan fingerprint density at radius 3 is 1.39 bits per heavy atom. The third-order valence-electron chi connectivity index (χ3n) is 2.78. The van der Waals surface area contributed by atoms with Gasteiger partial charge in [0.1, 0.15) is 0 Å². The van der Waals surface area contributed by atoms with Crippen molar-refractivity contribution in [2.75, 3.05) is 26.2 Å². The molecule has 110 valence electrons. The third-order valence-corrected chi connectivity index (χ3v) is 2.78. The fraction of sp³-hybridized carbons (Fsp3) is 0.929. The Balaban J connectivity index is 0. The second-order valence-electron chi connectivity index (χ2n) is 4.59. The molecule has 4 heteroatoms. The van der Waals surface area contributed by atoms with Gasteiger partial charge in [-0.25, -0.2) is 0 Å². The minimum absolute atomic E-state index is 0.889. The monoisotopic (exact) mass is 261 g/mol. The SMILES string of the molecule is CCCC[NH+](CCCC)CCCC.O=C([O-])CO. The van der Waals surface area contributed by atoms with E-state index in [9.17, 15) is 0 Å². The first-order valence-electron chi connectivity index (χ1n) is 7.26. The van der Waals surface area contributed by atoms with Crippen LogP contribution in [0.1, 0.15) is 59.3 Å². The molecule has 0 aliphatic heterocycles. The van der Waals surface area contributed by atoms with Crippen LogP contribution in [-0.4, -0.2) is 37.3 Å². The lowest BCUT2D eigenvalue weighted by molar-refractivity contribution is -0.900. The highest BCUT2D eigenvalue weighted by molar-refractivity contribution is 5.65. The van der Waals surface area contributed by atoms with Crippen molar-refractivity contribution in [3.63, 3.8) is 0 Å². The van der Waals surface area contributed by atoms with Crippen LogP contribution in [0.4, 0.5) is 0 Å². The van der Waals surface area contributed by atoms with E-state index in [0.29, 0.717) is 0 Å². The summed E-state index contributed by atoms with van der Waals surface area (Å²) in [5.74, 6) is -1.44. The predicted octanol–water partition coefficient (Wildman–Crippen LogP) is 0.000200. The topological polar surface area (TPSA) is 64.8 Å². The van der Waals surface area contributed by atoms with Crippen molar-refractivity contribution in [3.05, 3.63) is 0 Å². The molecule has 0 aliphatic carbocycles. The van der Waals surface area contributed by atoms with Gasteiger partial charge in [0.15, 0.2) is 0 Å². The summed E-state index contributed by atoms with van der Waals surface area (Å²) in [6, 6.07) is 0. The Morgan fingerprint density at radius 1 is 0.944 bits per heavy atom. The molecular formula is C14H31NO3. The highest BCUT2D eigenvalue weighted by atomic mass is 16.4. The Bertz CT molecular complexity index is 155. The standard InChI is InChI=1S/C12H27N.C2H4O3/c1-4-7-10-13(11-8-5-2)12-9-6-3;3-1-2(4)5/h4-12H2,1-3H3;3H,1H2,(H,4,5). The van der Waals surface area contributed by atoms with E-state index in [4.69, 9.17) is 15.0 Å². The second kappa shape index (κ2) is 16.4. The number of carbonyl (C=O) groups excluding carboxylic acids is 1. The average molecular weight is 261 g/mol. The first kappa shape index (κ1) is 19.7. The second-order valence-corrected chi connectivity index (χ2v) is 4.59. The summed E-state index contributed by atoms with van der Waals surface area (Å²) in [7, 11) is 0. The fourth-order valence-corrected chi connectivity index (χ4v) is 1.66. The molecule has 0 aliphatic rings. The van der Waals surface area contributed by atoms with Crippen molar-refractivity contribution in [1.29, 1.82) is 0 Å². The number of carboxylic acids is 1. The van der Waals surface area contributed by atoms with Crippen LogP contribution in [0, 0.1) is 0 Å². The first-order chi connectivity index (χ1) is 8.62. The zero-order valence-corrected chi connectivity index (χ0v) is 12.3. The molecule has 18 heavy (non-hydrogen) atoms. The lowest BCUT2D eigenvalue weighted by atomic mass is 10.2. The maximum absolute atomic E-state index is 9.01. The Morgan fingerprint density at radius 2 is 1.22 bits per heavy atom. The van der Waals surface area contributed by atoms with Crippen molar-refractivity contribution in [2.24, 2.45) is 0 Å². The molecule has 0 fully saturated rings. The summed E-state index contributed by atoms with van der Waals surface area (Å²) in [6.07, 6.45) is 8.26. The normalized spacial score (nSPS) is 10.1. The Hall–Kier alpha value is -0.610. The molecule has 0 aromatic carbocycles. The molecule has 0 atom stereocenters. The molecule has 0 saturated heterocycles. The largest absolute Gasteiger partial charge is 0.548 e. The van der Waals surface area contributed by atoms with Gasteiger partial charge < -0.3 is 19.9 Å². The van der Waals surface area contributed by atoms with Crippen LogP contribution < -0.4 is 10.0 Å². The quantitative estimate of drug-likeness (QED) is 0.582. The van der Waals surface area contributed by atoms with Gasteiger partial charge in [-0.1, -0.05) is 40.0 Å². The number of aliphatic hydroxyl groups excluding tert-OH is 1. The van der Waals surface area contributed by atoms with Gasteiger partial charge in [-0.15, -0.1) is 0 Å². The van der Waals surface area contributed by atoms with E-state index >= 15 is 0 Å². The number of nitrogens with one attached hydrogen (secondary N) is 1. The number of hydrogen-bond acceptors (Lipinski definition) is 3. The van der Waals surface area contributed by atoms with Crippen LogP contribution >= 0.6 is 0 Å². The summed E-state index contributed by atoms with van der Waals surface area (Å²) >= 11 is 0. The van der Waals surface area contributed by atoms with E-state index in [1.54, 1.807) is 0 Å².